The van der Waals surface area contributed by atoms with E-state index in [0.29, 0.717) is 16.9 Å². The van der Waals surface area contributed by atoms with Crippen molar-refractivity contribution in [3.63, 3.8) is 0 Å². The average Bonchev–Trinajstić information content (AvgIpc) is 2.78. The van der Waals surface area contributed by atoms with Gasteiger partial charge in [-0.05, 0) is 38.0 Å². The van der Waals surface area contributed by atoms with Crippen molar-refractivity contribution in [1.82, 2.24) is 9.55 Å². The van der Waals surface area contributed by atoms with Gasteiger partial charge >= 0.3 is 6.18 Å². The lowest BCUT2D eigenvalue weighted by Crippen LogP contribution is -2.11. The zero-order chi connectivity index (χ0) is 15.8. The lowest BCUT2D eigenvalue weighted by molar-refractivity contribution is -0.137. The van der Waals surface area contributed by atoms with E-state index in [9.17, 15) is 13.2 Å². The van der Waals surface area contributed by atoms with Crippen molar-refractivity contribution < 1.29 is 13.2 Å². The first-order valence-electron chi connectivity index (χ1n) is 7.02. The van der Waals surface area contributed by atoms with Crippen LogP contribution in [0.1, 0.15) is 56.4 Å². The van der Waals surface area contributed by atoms with Gasteiger partial charge in [-0.15, -0.1) is 11.6 Å². The standard InChI is InChI=1S/C15H18ClF3N2/c1-4-11(5-2)21-13-7-6-10(15(17,18)19)8-12(13)20-14(21)9(3)16/h6-9,11H,4-5H2,1-3H3. The van der Waals surface area contributed by atoms with Crippen molar-refractivity contribution in [2.45, 2.75) is 51.2 Å². The normalized spacial score (nSPS) is 14.1. The summed E-state index contributed by atoms with van der Waals surface area (Å²) < 4.78 is 40.4. The van der Waals surface area contributed by atoms with E-state index in [1.807, 2.05) is 18.4 Å². The van der Waals surface area contributed by atoms with Gasteiger partial charge in [0.15, 0.2) is 0 Å². The summed E-state index contributed by atoms with van der Waals surface area (Å²) in [7, 11) is 0. The van der Waals surface area contributed by atoms with Crippen LogP contribution in [0, 0.1) is 0 Å². The first-order chi connectivity index (χ1) is 9.79. The third-order valence-corrected chi connectivity index (χ3v) is 3.90. The van der Waals surface area contributed by atoms with E-state index < -0.39 is 11.7 Å². The van der Waals surface area contributed by atoms with Gasteiger partial charge < -0.3 is 4.57 Å². The van der Waals surface area contributed by atoms with E-state index in [1.54, 1.807) is 6.92 Å². The Balaban J connectivity index is 2.68. The molecule has 0 aliphatic heterocycles. The molecular formula is C15H18ClF3N2. The minimum atomic E-state index is -4.36. The maximum Gasteiger partial charge on any atom is 0.416 e. The van der Waals surface area contributed by atoms with Crippen LogP contribution in [0.3, 0.4) is 0 Å². The highest BCUT2D eigenvalue weighted by Gasteiger charge is 2.31. The summed E-state index contributed by atoms with van der Waals surface area (Å²) in [6.45, 7) is 5.88. The van der Waals surface area contributed by atoms with Gasteiger partial charge in [-0.2, -0.15) is 13.2 Å². The lowest BCUT2D eigenvalue weighted by atomic mass is 10.1. The molecule has 0 saturated carbocycles. The molecule has 0 aliphatic carbocycles. The highest BCUT2D eigenvalue weighted by molar-refractivity contribution is 6.20. The molecule has 21 heavy (non-hydrogen) atoms. The monoisotopic (exact) mass is 318 g/mol. The number of alkyl halides is 4. The minimum absolute atomic E-state index is 0.183. The van der Waals surface area contributed by atoms with Crippen LogP contribution in [-0.4, -0.2) is 9.55 Å². The molecule has 1 heterocycles. The van der Waals surface area contributed by atoms with Crippen LogP contribution in [-0.2, 0) is 6.18 Å². The number of hydrogen-bond donors (Lipinski definition) is 0. The van der Waals surface area contributed by atoms with Crippen molar-refractivity contribution in [3.8, 4) is 0 Å². The molecule has 1 atom stereocenters. The van der Waals surface area contributed by atoms with E-state index in [0.717, 1.165) is 25.0 Å². The minimum Gasteiger partial charge on any atom is -0.324 e. The van der Waals surface area contributed by atoms with Crippen LogP contribution in [0.15, 0.2) is 18.2 Å². The van der Waals surface area contributed by atoms with Crippen LogP contribution in [0.25, 0.3) is 11.0 Å². The van der Waals surface area contributed by atoms with E-state index in [4.69, 9.17) is 11.6 Å². The van der Waals surface area contributed by atoms with E-state index in [2.05, 4.69) is 4.98 Å². The lowest BCUT2D eigenvalue weighted by Gasteiger charge is -2.19. The van der Waals surface area contributed by atoms with Gasteiger partial charge in [0.2, 0.25) is 0 Å². The van der Waals surface area contributed by atoms with Crippen molar-refractivity contribution in [1.29, 1.82) is 0 Å². The SMILES string of the molecule is CCC(CC)n1c(C(C)Cl)nc2cc(C(F)(F)F)ccc21. The van der Waals surface area contributed by atoms with E-state index >= 15 is 0 Å². The number of nitrogens with zero attached hydrogens (tertiary/aromatic N) is 2. The predicted octanol–water partition coefficient (Wildman–Crippen LogP) is 5.72. The van der Waals surface area contributed by atoms with Crippen molar-refractivity contribution >= 4 is 22.6 Å². The Morgan fingerprint density at radius 1 is 1.24 bits per heavy atom. The number of halogens is 4. The van der Waals surface area contributed by atoms with Crippen molar-refractivity contribution in [3.05, 3.63) is 29.6 Å². The first kappa shape index (κ1) is 16.1. The molecule has 1 aromatic carbocycles. The number of fused-ring (bicyclic) bond motifs is 1. The predicted molar refractivity (Wildman–Crippen MR) is 78.6 cm³/mol. The molecular weight excluding hydrogens is 301 g/mol. The van der Waals surface area contributed by atoms with Gasteiger partial charge in [0, 0.05) is 6.04 Å². The number of rotatable bonds is 4. The Morgan fingerprint density at radius 3 is 2.33 bits per heavy atom. The number of benzene rings is 1. The average molecular weight is 319 g/mol. The number of hydrogen-bond acceptors (Lipinski definition) is 1. The van der Waals surface area contributed by atoms with Gasteiger partial charge in [-0.25, -0.2) is 4.98 Å². The van der Waals surface area contributed by atoms with Crippen LogP contribution in [0.2, 0.25) is 0 Å². The van der Waals surface area contributed by atoms with Gasteiger partial charge in [-0.3, -0.25) is 0 Å². The van der Waals surface area contributed by atoms with Crippen LogP contribution in [0.4, 0.5) is 13.2 Å². The number of aromatic nitrogens is 2. The summed E-state index contributed by atoms with van der Waals surface area (Å²) in [5, 5.41) is -0.354. The molecule has 2 nitrogen and oxygen atoms in total. The fourth-order valence-electron chi connectivity index (χ4n) is 2.61. The van der Waals surface area contributed by atoms with Gasteiger partial charge in [0.1, 0.15) is 5.82 Å². The summed E-state index contributed by atoms with van der Waals surface area (Å²) in [5.41, 5.74) is 0.372. The second-order valence-electron chi connectivity index (χ2n) is 5.13. The highest BCUT2D eigenvalue weighted by Crippen LogP contribution is 2.35. The fraction of sp³-hybridized carbons (Fsp3) is 0.533. The molecule has 1 unspecified atom stereocenters. The Hall–Kier alpha value is -1.23. The summed E-state index contributed by atoms with van der Waals surface area (Å²) in [5.74, 6) is 0.625. The molecule has 0 saturated heterocycles. The van der Waals surface area contributed by atoms with Crippen LogP contribution < -0.4 is 0 Å². The maximum atomic E-state index is 12.8. The van der Waals surface area contributed by atoms with Gasteiger partial charge in [-0.1, -0.05) is 13.8 Å². The quantitative estimate of drug-likeness (QED) is 0.660. The third kappa shape index (κ3) is 3.03. The molecule has 0 aliphatic rings. The Labute approximate surface area is 126 Å². The van der Waals surface area contributed by atoms with E-state index in [-0.39, 0.29) is 11.4 Å². The molecule has 0 radical (unpaired) electrons. The van der Waals surface area contributed by atoms with Crippen molar-refractivity contribution in [2.75, 3.05) is 0 Å². The molecule has 1 aromatic heterocycles. The zero-order valence-corrected chi connectivity index (χ0v) is 13.0. The van der Waals surface area contributed by atoms with Crippen LogP contribution >= 0.6 is 11.6 Å². The molecule has 0 N–H and O–H groups in total. The van der Waals surface area contributed by atoms with Crippen molar-refractivity contribution in [2.24, 2.45) is 0 Å². The molecule has 0 fully saturated rings. The molecule has 0 bridgehead atoms. The zero-order valence-electron chi connectivity index (χ0n) is 12.2. The van der Waals surface area contributed by atoms with Crippen LogP contribution in [0.5, 0.6) is 0 Å². The smallest absolute Gasteiger partial charge is 0.324 e. The molecule has 116 valence electrons. The second-order valence-corrected chi connectivity index (χ2v) is 5.78. The second kappa shape index (κ2) is 5.87. The topological polar surface area (TPSA) is 17.8 Å². The molecule has 2 rings (SSSR count). The number of imidazole rings is 1. The summed E-state index contributed by atoms with van der Waals surface area (Å²) in [6, 6.07) is 3.87. The maximum absolute atomic E-state index is 12.8. The van der Waals surface area contributed by atoms with E-state index in [1.165, 1.54) is 6.07 Å². The first-order valence-corrected chi connectivity index (χ1v) is 7.46. The largest absolute Gasteiger partial charge is 0.416 e. The Morgan fingerprint density at radius 2 is 1.86 bits per heavy atom. The molecule has 0 amide bonds. The van der Waals surface area contributed by atoms with Gasteiger partial charge in [0.05, 0.1) is 22.0 Å². The molecule has 0 spiro atoms. The third-order valence-electron chi connectivity index (χ3n) is 3.71. The Kier molecular flexibility index (Phi) is 4.51. The van der Waals surface area contributed by atoms with Gasteiger partial charge in [0.25, 0.3) is 0 Å². The molecule has 6 heteroatoms. The summed E-state index contributed by atoms with van der Waals surface area (Å²) in [6.07, 6.45) is -2.61. The summed E-state index contributed by atoms with van der Waals surface area (Å²) in [4.78, 5) is 4.33. The highest BCUT2D eigenvalue weighted by atomic mass is 35.5. The fourth-order valence-corrected chi connectivity index (χ4v) is 2.77. The molecule has 2 aromatic rings. The summed E-state index contributed by atoms with van der Waals surface area (Å²) >= 11 is 6.16. The Bertz CT molecular complexity index is 628.